The van der Waals surface area contributed by atoms with Crippen LogP contribution in [0.2, 0.25) is 0 Å². The maximum atomic E-state index is 10.7. The fraction of sp³-hybridized carbons (Fsp3) is 0.300. The average molecular weight is 339 g/mol. The van der Waals surface area contributed by atoms with E-state index in [4.69, 9.17) is 9.47 Å². The first-order valence-electron chi connectivity index (χ1n) is 8.15. The van der Waals surface area contributed by atoms with E-state index in [9.17, 15) is 10.1 Å². The normalized spacial score (nSPS) is 18.4. The minimum atomic E-state index is -0.597. The Morgan fingerprint density at radius 3 is 2.48 bits per heavy atom. The molecule has 2 aromatic rings. The number of non-ortho nitro benzene ring substituents is 1. The smallest absolute Gasteiger partial charge is 0.269 e. The van der Waals surface area contributed by atoms with Crippen molar-refractivity contribution >= 4 is 11.8 Å². The van der Waals surface area contributed by atoms with Crippen molar-refractivity contribution in [3.05, 3.63) is 68.8 Å². The zero-order valence-corrected chi connectivity index (χ0v) is 14.8. The van der Waals surface area contributed by atoms with E-state index in [0.717, 1.165) is 16.9 Å². The molecule has 0 saturated carbocycles. The number of aryl methyl sites for hydroxylation is 2. The summed E-state index contributed by atoms with van der Waals surface area (Å²) >= 11 is 0. The Morgan fingerprint density at radius 2 is 1.84 bits per heavy atom. The molecule has 5 heteroatoms. The Hall–Kier alpha value is -2.82. The lowest BCUT2D eigenvalue weighted by molar-refractivity contribution is -0.384. The molecule has 0 aliphatic carbocycles. The minimum absolute atomic E-state index is 0.0443. The number of hydrogen-bond acceptors (Lipinski definition) is 4. The van der Waals surface area contributed by atoms with Crippen molar-refractivity contribution in [1.82, 2.24) is 0 Å². The second kappa shape index (κ2) is 6.24. The van der Waals surface area contributed by atoms with E-state index in [2.05, 4.69) is 32.9 Å². The van der Waals surface area contributed by atoms with Gasteiger partial charge in [0.2, 0.25) is 0 Å². The van der Waals surface area contributed by atoms with Crippen molar-refractivity contribution in [1.29, 1.82) is 0 Å². The van der Waals surface area contributed by atoms with E-state index >= 15 is 0 Å². The Kier molecular flexibility index (Phi) is 4.25. The number of fused-ring (bicyclic) bond motifs is 1. The third-order valence-electron chi connectivity index (χ3n) is 4.55. The molecule has 0 spiro atoms. The van der Waals surface area contributed by atoms with Crippen molar-refractivity contribution < 1.29 is 14.4 Å². The molecule has 25 heavy (non-hydrogen) atoms. The molecule has 3 rings (SSSR count). The van der Waals surface area contributed by atoms with Crippen LogP contribution in [0.3, 0.4) is 0 Å². The highest BCUT2D eigenvalue weighted by molar-refractivity contribution is 5.67. The molecule has 0 radical (unpaired) electrons. The lowest BCUT2D eigenvalue weighted by atomic mass is 9.94. The summed E-state index contributed by atoms with van der Waals surface area (Å²) < 4.78 is 12.1. The van der Waals surface area contributed by atoms with Crippen molar-refractivity contribution in [3.8, 4) is 11.5 Å². The standard InChI is InChI=1S/C20H21NO4/c1-13-11-14(2)18-9-10-20(4,25-19(18)15(13)3)12-24-17-7-5-16(6-8-17)21(22)23/h5-11H,12H2,1-4H3. The molecule has 0 N–H and O–H groups in total. The number of hydrogen-bond donors (Lipinski definition) is 0. The summed E-state index contributed by atoms with van der Waals surface area (Å²) in [5.41, 5.74) is 4.07. The molecule has 0 aromatic heterocycles. The Morgan fingerprint density at radius 1 is 1.16 bits per heavy atom. The summed E-state index contributed by atoms with van der Waals surface area (Å²) in [4.78, 5) is 10.3. The zero-order chi connectivity index (χ0) is 18.2. The molecule has 2 aromatic carbocycles. The number of nitrogens with zero attached hydrogens (tertiary/aromatic N) is 1. The first-order chi connectivity index (χ1) is 11.8. The van der Waals surface area contributed by atoms with Crippen LogP contribution in [0.25, 0.3) is 6.08 Å². The monoisotopic (exact) mass is 339 g/mol. The van der Waals surface area contributed by atoms with Crippen molar-refractivity contribution in [3.63, 3.8) is 0 Å². The summed E-state index contributed by atoms with van der Waals surface area (Å²) in [6.07, 6.45) is 4.09. The van der Waals surface area contributed by atoms with E-state index in [1.54, 1.807) is 12.1 Å². The molecule has 1 atom stereocenters. The van der Waals surface area contributed by atoms with Gasteiger partial charge in [-0.3, -0.25) is 10.1 Å². The predicted molar refractivity (Wildman–Crippen MR) is 97.3 cm³/mol. The van der Waals surface area contributed by atoms with Gasteiger partial charge in [0.15, 0.2) is 5.60 Å². The molecule has 1 aliphatic heterocycles. The largest absolute Gasteiger partial charge is 0.489 e. The maximum absolute atomic E-state index is 10.7. The van der Waals surface area contributed by atoms with Crippen molar-refractivity contribution in [2.24, 2.45) is 0 Å². The van der Waals surface area contributed by atoms with Gasteiger partial charge in [0.05, 0.1) is 4.92 Å². The van der Waals surface area contributed by atoms with Gasteiger partial charge >= 0.3 is 0 Å². The Balaban J connectivity index is 1.77. The summed E-state index contributed by atoms with van der Waals surface area (Å²) in [7, 11) is 0. The van der Waals surface area contributed by atoms with E-state index in [-0.39, 0.29) is 5.69 Å². The van der Waals surface area contributed by atoms with Gasteiger partial charge in [-0.25, -0.2) is 0 Å². The third kappa shape index (κ3) is 3.36. The minimum Gasteiger partial charge on any atom is -0.489 e. The highest BCUT2D eigenvalue weighted by Crippen LogP contribution is 2.37. The second-order valence-electron chi connectivity index (χ2n) is 6.67. The number of ether oxygens (including phenoxy) is 2. The van der Waals surface area contributed by atoms with Crippen LogP contribution >= 0.6 is 0 Å². The van der Waals surface area contributed by atoms with Gasteiger partial charge in [-0.2, -0.15) is 0 Å². The SMILES string of the molecule is Cc1cc(C)c2c(c1C)OC(C)(COc1ccc([N+](=O)[O-])cc1)C=C2. The van der Waals surface area contributed by atoms with Crippen molar-refractivity contribution in [2.45, 2.75) is 33.3 Å². The van der Waals surface area contributed by atoms with Crippen LogP contribution in [-0.4, -0.2) is 17.1 Å². The molecule has 0 saturated heterocycles. The van der Waals surface area contributed by atoms with Crippen molar-refractivity contribution in [2.75, 3.05) is 6.61 Å². The number of rotatable bonds is 4. The van der Waals surface area contributed by atoms with E-state index in [1.807, 2.05) is 13.0 Å². The highest BCUT2D eigenvalue weighted by Gasteiger charge is 2.30. The van der Waals surface area contributed by atoms with Crippen LogP contribution in [0.5, 0.6) is 11.5 Å². The van der Waals surface area contributed by atoms with Crippen LogP contribution in [0.15, 0.2) is 36.4 Å². The first-order valence-corrected chi connectivity index (χ1v) is 8.15. The van der Waals surface area contributed by atoms with Gasteiger partial charge in [0.25, 0.3) is 5.69 Å². The Bertz CT molecular complexity index is 855. The van der Waals surface area contributed by atoms with Gasteiger partial charge in [-0.05, 0) is 62.6 Å². The fourth-order valence-corrected chi connectivity index (χ4v) is 2.90. The van der Waals surface area contributed by atoms with E-state index in [0.29, 0.717) is 12.4 Å². The molecule has 0 fully saturated rings. The fourth-order valence-electron chi connectivity index (χ4n) is 2.90. The van der Waals surface area contributed by atoms with Gasteiger partial charge in [-0.15, -0.1) is 0 Å². The van der Waals surface area contributed by atoms with Crippen LogP contribution in [0.4, 0.5) is 5.69 Å². The third-order valence-corrected chi connectivity index (χ3v) is 4.55. The molecule has 5 nitrogen and oxygen atoms in total. The average Bonchev–Trinajstić information content (AvgIpc) is 2.58. The van der Waals surface area contributed by atoms with Crippen LogP contribution in [0, 0.1) is 30.9 Å². The molecule has 1 aliphatic rings. The molecule has 0 amide bonds. The maximum Gasteiger partial charge on any atom is 0.269 e. The molecule has 1 heterocycles. The topological polar surface area (TPSA) is 61.6 Å². The summed E-state index contributed by atoms with van der Waals surface area (Å²) in [6.45, 7) is 8.50. The van der Waals surface area contributed by atoms with E-state index < -0.39 is 10.5 Å². The molecular formula is C20H21NO4. The highest BCUT2D eigenvalue weighted by atomic mass is 16.6. The van der Waals surface area contributed by atoms with Gasteiger partial charge in [0.1, 0.15) is 18.1 Å². The predicted octanol–water partition coefficient (Wildman–Crippen LogP) is 4.76. The summed E-state index contributed by atoms with van der Waals surface area (Å²) in [6, 6.07) is 8.23. The molecule has 1 unspecified atom stereocenters. The quantitative estimate of drug-likeness (QED) is 0.595. The Labute approximate surface area is 147 Å². The number of benzene rings is 2. The first kappa shape index (κ1) is 17.0. The molecule has 130 valence electrons. The van der Waals surface area contributed by atoms with Gasteiger partial charge in [-0.1, -0.05) is 12.1 Å². The lowest BCUT2D eigenvalue weighted by Crippen LogP contribution is -2.39. The van der Waals surface area contributed by atoms with E-state index in [1.165, 1.54) is 23.3 Å². The van der Waals surface area contributed by atoms with Crippen LogP contribution in [0.1, 0.15) is 29.2 Å². The lowest BCUT2D eigenvalue weighted by Gasteiger charge is -2.33. The summed E-state index contributed by atoms with van der Waals surface area (Å²) in [5.74, 6) is 1.47. The molecular weight excluding hydrogens is 318 g/mol. The number of nitro benzene ring substituents is 1. The van der Waals surface area contributed by atoms with Crippen LogP contribution in [-0.2, 0) is 0 Å². The van der Waals surface area contributed by atoms with Gasteiger partial charge in [0, 0.05) is 17.7 Å². The number of nitro groups is 1. The summed E-state index contributed by atoms with van der Waals surface area (Å²) in [5, 5.41) is 10.7. The van der Waals surface area contributed by atoms with Gasteiger partial charge < -0.3 is 9.47 Å². The zero-order valence-electron chi connectivity index (χ0n) is 14.8. The second-order valence-corrected chi connectivity index (χ2v) is 6.67. The molecule has 0 bridgehead atoms. The van der Waals surface area contributed by atoms with Crippen LogP contribution < -0.4 is 9.47 Å².